The van der Waals surface area contributed by atoms with Gasteiger partial charge in [0.15, 0.2) is 5.96 Å². The van der Waals surface area contributed by atoms with Crippen LogP contribution in [0.1, 0.15) is 33.1 Å². The molecule has 0 radical (unpaired) electrons. The van der Waals surface area contributed by atoms with Crippen molar-refractivity contribution in [1.82, 2.24) is 15.1 Å². The zero-order valence-corrected chi connectivity index (χ0v) is 21.5. The van der Waals surface area contributed by atoms with Gasteiger partial charge in [-0.25, -0.2) is 0 Å². The van der Waals surface area contributed by atoms with E-state index in [4.69, 9.17) is 9.73 Å². The summed E-state index contributed by atoms with van der Waals surface area (Å²) < 4.78 is 5.35. The number of nitrogens with one attached hydrogen (secondary N) is 1. The van der Waals surface area contributed by atoms with Crippen molar-refractivity contribution in [3.05, 3.63) is 24.3 Å². The van der Waals surface area contributed by atoms with Crippen LogP contribution in [0.5, 0.6) is 5.75 Å². The van der Waals surface area contributed by atoms with Crippen LogP contribution in [0.4, 0.5) is 5.69 Å². The third-order valence-corrected chi connectivity index (χ3v) is 5.93. The maximum absolute atomic E-state index is 12.5. The quantitative estimate of drug-likeness (QED) is 0.340. The van der Waals surface area contributed by atoms with Crippen LogP contribution in [0.2, 0.25) is 0 Å². The molecule has 0 spiro atoms. The van der Waals surface area contributed by atoms with Gasteiger partial charge in [0.2, 0.25) is 5.91 Å². The maximum Gasteiger partial charge on any atom is 0.224 e. The minimum absolute atomic E-state index is 0. The summed E-state index contributed by atoms with van der Waals surface area (Å²) >= 11 is 0. The predicted octanol–water partition coefficient (Wildman–Crippen LogP) is 3.05. The van der Waals surface area contributed by atoms with Crippen LogP contribution in [0.25, 0.3) is 0 Å². The van der Waals surface area contributed by atoms with Gasteiger partial charge in [0.1, 0.15) is 5.75 Å². The lowest BCUT2D eigenvalue weighted by Crippen LogP contribution is -2.52. The molecule has 1 amide bonds. The monoisotopic (exact) mass is 543 g/mol. The van der Waals surface area contributed by atoms with Crippen molar-refractivity contribution in [3.8, 4) is 5.75 Å². The third-order valence-electron chi connectivity index (χ3n) is 5.93. The molecule has 0 aromatic heterocycles. The van der Waals surface area contributed by atoms with Gasteiger partial charge in [0.25, 0.3) is 0 Å². The van der Waals surface area contributed by atoms with E-state index in [2.05, 4.69) is 41.1 Å². The molecule has 174 valence electrons. The molecule has 2 aliphatic rings. The van der Waals surface area contributed by atoms with Gasteiger partial charge in [-0.15, -0.1) is 24.0 Å². The van der Waals surface area contributed by atoms with E-state index in [1.54, 1.807) is 7.11 Å². The second-order valence-electron chi connectivity index (χ2n) is 8.25. The number of anilines is 1. The van der Waals surface area contributed by atoms with E-state index in [1.165, 1.54) is 12.1 Å². The molecule has 2 saturated heterocycles. The summed E-state index contributed by atoms with van der Waals surface area (Å²) in [7, 11) is 1.70. The van der Waals surface area contributed by atoms with E-state index in [9.17, 15) is 4.79 Å². The first kappa shape index (κ1) is 25.5. The fourth-order valence-corrected chi connectivity index (χ4v) is 4.24. The van der Waals surface area contributed by atoms with Gasteiger partial charge in [-0.3, -0.25) is 9.79 Å². The van der Waals surface area contributed by atoms with Crippen LogP contribution in [0.15, 0.2) is 29.3 Å². The molecular formula is C23H38IN5O2. The molecule has 31 heavy (non-hydrogen) atoms. The molecule has 2 heterocycles. The molecule has 0 aliphatic carbocycles. The summed E-state index contributed by atoms with van der Waals surface area (Å²) in [5.41, 5.74) is 1.19. The molecule has 2 fully saturated rings. The highest BCUT2D eigenvalue weighted by atomic mass is 127. The highest BCUT2D eigenvalue weighted by Crippen LogP contribution is 2.22. The molecule has 0 saturated carbocycles. The number of benzene rings is 1. The number of ether oxygens (including phenoxy) is 1. The van der Waals surface area contributed by atoms with Crippen molar-refractivity contribution in [2.24, 2.45) is 10.9 Å². The summed E-state index contributed by atoms with van der Waals surface area (Å²) in [6.45, 7) is 11.2. The minimum atomic E-state index is 0. The number of hydrogen-bond donors (Lipinski definition) is 1. The topological polar surface area (TPSA) is 60.4 Å². The largest absolute Gasteiger partial charge is 0.497 e. The van der Waals surface area contributed by atoms with Crippen LogP contribution in [-0.4, -0.2) is 81.1 Å². The summed E-state index contributed by atoms with van der Waals surface area (Å²) in [6.07, 6.45) is 2.84. The zero-order chi connectivity index (χ0) is 21.3. The number of rotatable bonds is 6. The smallest absolute Gasteiger partial charge is 0.224 e. The lowest BCUT2D eigenvalue weighted by Gasteiger charge is -2.37. The molecule has 8 heteroatoms. The van der Waals surface area contributed by atoms with Crippen molar-refractivity contribution in [2.45, 2.75) is 33.1 Å². The van der Waals surface area contributed by atoms with Gasteiger partial charge in [0.05, 0.1) is 13.7 Å². The van der Waals surface area contributed by atoms with E-state index in [0.29, 0.717) is 18.9 Å². The molecule has 1 N–H and O–H groups in total. The Labute approximate surface area is 204 Å². The van der Waals surface area contributed by atoms with Gasteiger partial charge in [-0.05, 0) is 37.8 Å². The molecule has 2 aliphatic heterocycles. The average Bonchev–Trinajstić information content (AvgIpc) is 2.78. The van der Waals surface area contributed by atoms with Crippen molar-refractivity contribution in [1.29, 1.82) is 0 Å². The number of methoxy groups -OCH3 is 1. The Bertz CT molecular complexity index is 722. The normalized spacial score (nSPS) is 19.6. The highest BCUT2D eigenvalue weighted by Gasteiger charge is 2.22. The molecule has 1 aromatic rings. The first-order valence-corrected chi connectivity index (χ1v) is 11.3. The molecule has 1 atom stereocenters. The number of amides is 1. The summed E-state index contributed by atoms with van der Waals surface area (Å²) in [5.74, 6) is 2.66. The van der Waals surface area contributed by atoms with Gasteiger partial charge in [-0.2, -0.15) is 0 Å². The average molecular weight is 543 g/mol. The molecule has 7 nitrogen and oxygen atoms in total. The summed E-state index contributed by atoms with van der Waals surface area (Å²) in [5, 5.41) is 3.40. The highest BCUT2D eigenvalue weighted by molar-refractivity contribution is 14.0. The van der Waals surface area contributed by atoms with Gasteiger partial charge < -0.3 is 24.8 Å². The molecule has 0 bridgehead atoms. The number of likely N-dealkylation sites (tertiary alicyclic amines) is 1. The van der Waals surface area contributed by atoms with E-state index in [0.717, 1.165) is 63.9 Å². The zero-order valence-electron chi connectivity index (χ0n) is 19.2. The van der Waals surface area contributed by atoms with Crippen molar-refractivity contribution >= 4 is 41.5 Å². The number of nitrogens with zero attached hydrogens (tertiary/aromatic N) is 4. The number of hydrogen-bond acceptors (Lipinski definition) is 4. The molecule has 1 unspecified atom stereocenters. The molecule has 3 rings (SSSR count). The summed E-state index contributed by atoms with van der Waals surface area (Å²) in [6, 6.07) is 8.22. The lowest BCUT2D eigenvalue weighted by atomic mass is 10.00. The van der Waals surface area contributed by atoms with Gasteiger partial charge in [-0.1, -0.05) is 13.0 Å². The maximum atomic E-state index is 12.5. The van der Waals surface area contributed by atoms with Crippen LogP contribution < -0.4 is 15.0 Å². The number of piperidine rings is 1. The number of aliphatic imine (C=N–C) groups is 1. The van der Waals surface area contributed by atoms with Crippen molar-refractivity contribution < 1.29 is 9.53 Å². The fraction of sp³-hybridized carbons (Fsp3) is 0.652. The van der Waals surface area contributed by atoms with Gasteiger partial charge >= 0.3 is 0 Å². The Morgan fingerprint density at radius 1 is 1.19 bits per heavy atom. The van der Waals surface area contributed by atoms with Gasteiger partial charge in [0, 0.05) is 64.0 Å². The Morgan fingerprint density at radius 3 is 2.65 bits per heavy atom. The first-order chi connectivity index (χ1) is 14.6. The van der Waals surface area contributed by atoms with E-state index >= 15 is 0 Å². The number of halogens is 1. The Hall–Kier alpha value is -1.71. The Morgan fingerprint density at radius 2 is 1.97 bits per heavy atom. The molecule has 1 aromatic carbocycles. The number of guanidine groups is 1. The van der Waals surface area contributed by atoms with Crippen molar-refractivity contribution in [2.75, 3.05) is 64.4 Å². The molecular weight excluding hydrogens is 505 g/mol. The van der Waals surface area contributed by atoms with Crippen LogP contribution in [0.3, 0.4) is 0 Å². The minimum Gasteiger partial charge on any atom is -0.497 e. The Balaban J connectivity index is 0.00000341. The SMILES string of the molecule is CCNC(=NCCC(=O)N1CCCC(C)C1)N1CCN(c2cccc(OC)c2)CC1.I. The number of carbonyl (C=O) groups excluding carboxylic acids is 1. The fourth-order valence-electron chi connectivity index (χ4n) is 4.24. The third kappa shape index (κ3) is 7.43. The van der Waals surface area contributed by atoms with E-state index < -0.39 is 0 Å². The Kier molecular flexibility index (Phi) is 10.7. The lowest BCUT2D eigenvalue weighted by molar-refractivity contribution is -0.132. The second kappa shape index (κ2) is 13.0. The second-order valence-corrected chi connectivity index (χ2v) is 8.25. The van der Waals surface area contributed by atoms with Crippen LogP contribution >= 0.6 is 24.0 Å². The van der Waals surface area contributed by atoms with Crippen LogP contribution in [0, 0.1) is 5.92 Å². The van der Waals surface area contributed by atoms with Crippen molar-refractivity contribution in [3.63, 3.8) is 0 Å². The number of piperazine rings is 1. The van der Waals surface area contributed by atoms with E-state index in [1.807, 2.05) is 17.0 Å². The van der Waals surface area contributed by atoms with Crippen LogP contribution in [-0.2, 0) is 4.79 Å². The number of carbonyl (C=O) groups is 1. The summed E-state index contributed by atoms with van der Waals surface area (Å²) in [4.78, 5) is 24.0. The first-order valence-electron chi connectivity index (χ1n) is 11.3. The van der Waals surface area contributed by atoms with E-state index in [-0.39, 0.29) is 29.9 Å². The standard InChI is InChI=1S/C23H37N5O2.HI/c1-4-24-23(25-11-10-22(29)28-12-6-7-19(2)18-28)27-15-13-26(14-16-27)20-8-5-9-21(17-20)30-3;/h5,8-9,17,19H,4,6-7,10-16,18H2,1-3H3,(H,24,25);1H. The predicted molar refractivity (Wildman–Crippen MR) is 138 cm³/mol.